The molecule has 0 aromatic carbocycles. The van der Waals surface area contributed by atoms with Crippen molar-refractivity contribution >= 4 is 6.03 Å². The molecule has 0 radical (unpaired) electrons. The van der Waals surface area contributed by atoms with Gasteiger partial charge in [0, 0.05) is 25.2 Å². The van der Waals surface area contributed by atoms with Crippen LogP contribution in [0.1, 0.15) is 13.8 Å². The highest BCUT2D eigenvalue weighted by atomic mass is 16.2. The van der Waals surface area contributed by atoms with Gasteiger partial charge in [0.05, 0.1) is 0 Å². The van der Waals surface area contributed by atoms with Crippen LogP contribution >= 0.6 is 0 Å². The summed E-state index contributed by atoms with van der Waals surface area (Å²) in [6.45, 7) is 5.86. The van der Waals surface area contributed by atoms with E-state index in [4.69, 9.17) is 5.73 Å². The van der Waals surface area contributed by atoms with E-state index in [-0.39, 0.29) is 11.6 Å². The van der Waals surface area contributed by atoms with E-state index in [2.05, 4.69) is 5.32 Å². The maximum absolute atomic E-state index is 11.1. The first kappa shape index (κ1) is 8.33. The number of carbonyl (C=O) groups excluding carboxylic acids is 1. The van der Waals surface area contributed by atoms with E-state index in [1.165, 1.54) is 0 Å². The van der Waals surface area contributed by atoms with Crippen LogP contribution < -0.4 is 11.1 Å². The molecule has 0 atom stereocenters. The Morgan fingerprint density at radius 3 is 2.64 bits per heavy atom. The van der Waals surface area contributed by atoms with Gasteiger partial charge in [0.25, 0.3) is 0 Å². The number of carbonyl (C=O) groups is 1. The first-order valence-corrected chi connectivity index (χ1v) is 3.87. The van der Waals surface area contributed by atoms with Crippen molar-refractivity contribution in [3.63, 3.8) is 0 Å². The Labute approximate surface area is 66.7 Å². The Morgan fingerprint density at radius 2 is 2.27 bits per heavy atom. The van der Waals surface area contributed by atoms with Crippen LogP contribution in [0.5, 0.6) is 0 Å². The molecule has 4 nitrogen and oxygen atoms in total. The summed E-state index contributed by atoms with van der Waals surface area (Å²) in [6.07, 6.45) is 0. The zero-order valence-electron chi connectivity index (χ0n) is 7.05. The zero-order valence-corrected chi connectivity index (χ0v) is 7.05. The molecular weight excluding hydrogens is 142 g/mol. The van der Waals surface area contributed by atoms with Gasteiger partial charge in [0.15, 0.2) is 0 Å². The molecule has 0 spiro atoms. The lowest BCUT2D eigenvalue weighted by atomic mass is 9.94. The highest BCUT2D eigenvalue weighted by Gasteiger charge is 2.37. The molecule has 1 heterocycles. The van der Waals surface area contributed by atoms with Crippen LogP contribution in [0, 0.1) is 0 Å². The van der Waals surface area contributed by atoms with Crippen LogP contribution in [-0.4, -0.2) is 36.1 Å². The Morgan fingerprint density at radius 1 is 1.73 bits per heavy atom. The maximum atomic E-state index is 11.1. The Balaban J connectivity index is 2.27. The number of nitrogens with one attached hydrogen (secondary N) is 1. The second kappa shape index (κ2) is 2.70. The third kappa shape index (κ3) is 1.83. The molecular formula is C7H15N3O. The lowest BCUT2D eigenvalue weighted by Gasteiger charge is -2.45. The quantitative estimate of drug-likeness (QED) is 0.551. The molecule has 0 aromatic rings. The summed E-state index contributed by atoms with van der Waals surface area (Å²) in [6, 6.07) is -0.00424. The minimum absolute atomic E-state index is 0.00424. The molecule has 1 aliphatic heterocycles. The van der Waals surface area contributed by atoms with Crippen LogP contribution in [-0.2, 0) is 0 Å². The molecule has 1 saturated heterocycles. The molecule has 0 unspecified atom stereocenters. The molecule has 3 N–H and O–H groups in total. The number of hydrogen-bond donors (Lipinski definition) is 2. The SMILES string of the molecule is CCNC(=O)N1CC(C)(N)C1. The molecule has 2 amide bonds. The number of rotatable bonds is 1. The van der Waals surface area contributed by atoms with Crippen LogP contribution in [0.3, 0.4) is 0 Å². The summed E-state index contributed by atoms with van der Waals surface area (Å²) < 4.78 is 0. The van der Waals surface area contributed by atoms with E-state index >= 15 is 0 Å². The van der Waals surface area contributed by atoms with E-state index in [1.54, 1.807) is 4.90 Å². The van der Waals surface area contributed by atoms with E-state index in [0.29, 0.717) is 19.6 Å². The number of urea groups is 1. The van der Waals surface area contributed by atoms with Gasteiger partial charge in [0.2, 0.25) is 0 Å². The van der Waals surface area contributed by atoms with Crippen molar-refractivity contribution in [2.75, 3.05) is 19.6 Å². The molecule has 1 aliphatic rings. The molecule has 0 bridgehead atoms. The van der Waals surface area contributed by atoms with E-state index in [9.17, 15) is 4.79 Å². The molecule has 1 rings (SSSR count). The first-order chi connectivity index (χ1) is 5.05. The van der Waals surface area contributed by atoms with Crippen LogP contribution in [0.2, 0.25) is 0 Å². The highest BCUT2D eigenvalue weighted by Crippen LogP contribution is 2.16. The number of likely N-dealkylation sites (tertiary alicyclic amines) is 1. The largest absolute Gasteiger partial charge is 0.338 e. The number of hydrogen-bond acceptors (Lipinski definition) is 2. The number of nitrogens with zero attached hydrogens (tertiary/aromatic N) is 1. The molecule has 4 heteroatoms. The van der Waals surface area contributed by atoms with Crippen molar-refractivity contribution in [3.05, 3.63) is 0 Å². The van der Waals surface area contributed by atoms with Gasteiger partial charge in [0.1, 0.15) is 0 Å². The van der Waals surface area contributed by atoms with Crippen LogP contribution in [0.4, 0.5) is 4.79 Å². The van der Waals surface area contributed by atoms with Gasteiger partial charge in [-0.15, -0.1) is 0 Å². The van der Waals surface area contributed by atoms with Crippen molar-refractivity contribution < 1.29 is 4.79 Å². The van der Waals surface area contributed by atoms with Crippen LogP contribution in [0.25, 0.3) is 0 Å². The average Bonchev–Trinajstić information content (AvgIpc) is 1.83. The normalized spacial score (nSPS) is 20.8. The van der Waals surface area contributed by atoms with Gasteiger partial charge >= 0.3 is 6.03 Å². The lowest BCUT2D eigenvalue weighted by molar-refractivity contribution is 0.108. The molecule has 64 valence electrons. The van der Waals surface area contributed by atoms with Gasteiger partial charge in [-0.25, -0.2) is 4.79 Å². The standard InChI is InChI=1S/C7H15N3O/c1-3-9-6(11)10-4-7(2,8)5-10/h3-5,8H2,1-2H3,(H,9,11). The predicted octanol–water partition coefficient (Wildman–Crippen LogP) is -0.251. The average molecular weight is 157 g/mol. The summed E-state index contributed by atoms with van der Waals surface area (Å²) in [4.78, 5) is 12.8. The second-order valence-corrected chi connectivity index (χ2v) is 3.35. The van der Waals surface area contributed by atoms with Crippen LogP contribution in [0.15, 0.2) is 0 Å². The summed E-state index contributed by atoms with van der Waals surface area (Å²) >= 11 is 0. The lowest BCUT2D eigenvalue weighted by Crippen LogP contribution is -2.68. The smallest absolute Gasteiger partial charge is 0.317 e. The first-order valence-electron chi connectivity index (χ1n) is 3.87. The summed E-state index contributed by atoms with van der Waals surface area (Å²) in [5.74, 6) is 0. The third-order valence-electron chi connectivity index (χ3n) is 1.72. The minimum atomic E-state index is -0.162. The maximum Gasteiger partial charge on any atom is 0.317 e. The Bertz CT molecular complexity index is 159. The van der Waals surface area contributed by atoms with Crippen molar-refractivity contribution in [1.29, 1.82) is 0 Å². The van der Waals surface area contributed by atoms with Gasteiger partial charge in [-0.05, 0) is 13.8 Å². The highest BCUT2D eigenvalue weighted by molar-refractivity contribution is 5.75. The third-order valence-corrected chi connectivity index (χ3v) is 1.72. The molecule has 0 aliphatic carbocycles. The fourth-order valence-corrected chi connectivity index (χ4v) is 1.23. The summed E-state index contributed by atoms with van der Waals surface area (Å²) in [7, 11) is 0. The predicted molar refractivity (Wildman–Crippen MR) is 43.2 cm³/mol. The molecule has 0 aromatic heterocycles. The number of nitrogens with two attached hydrogens (primary N) is 1. The Kier molecular flexibility index (Phi) is 2.04. The molecule has 11 heavy (non-hydrogen) atoms. The molecule has 1 fully saturated rings. The fraction of sp³-hybridized carbons (Fsp3) is 0.857. The van der Waals surface area contributed by atoms with Crippen molar-refractivity contribution in [3.8, 4) is 0 Å². The van der Waals surface area contributed by atoms with E-state index in [1.807, 2.05) is 13.8 Å². The van der Waals surface area contributed by atoms with Crippen molar-refractivity contribution in [2.24, 2.45) is 5.73 Å². The van der Waals surface area contributed by atoms with Crippen molar-refractivity contribution in [1.82, 2.24) is 10.2 Å². The van der Waals surface area contributed by atoms with E-state index < -0.39 is 0 Å². The van der Waals surface area contributed by atoms with Gasteiger partial charge in [-0.2, -0.15) is 0 Å². The number of amides is 2. The van der Waals surface area contributed by atoms with Gasteiger partial charge < -0.3 is 16.0 Å². The summed E-state index contributed by atoms with van der Waals surface area (Å²) in [5.41, 5.74) is 5.56. The second-order valence-electron chi connectivity index (χ2n) is 3.35. The van der Waals surface area contributed by atoms with E-state index in [0.717, 1.165) is 0 Å². The summed E-state index contributed by atoms with van der Waals surface area (Å²) in [5, 5.41) is 2.72. The fourth-order valence-electron chi connectivity index (χ4n) is 1.23. The molecule has 0 saturated carbocycles. The van der Waals surface area contributed by atoms with Gasteiger partial charge in [-0.3, -0.25) is 0 Å². The Hall–Kier alpha value is -0.770. The van der Waals surface area contributed by atoms with Crippen molar-refractivity contribution in [2.45, 2.75) is 19.4 Å². The minimum Gasteiger partial charge on any atom is -0.338 e. The zero-order chi connectivity index (χ0) is 8.48. The van der Waals surface area contributed by atoms with Gasteiger partial charge in [-0.1, -0.05) is 0 Å². The monoisotopic (exact) mass is 157 g/mol. The topological polar surface area (TPSA) is 58.4 Å².